The molecule has 104 valence electrons. The first kappa shape index (κ1) is 14.4. The predicted molar refractivity (Wildman–Crippen MR) is 76.8 cm³/mol. The summed E-state index contributed by atoms with van der Waals surface area (Å²) in [4.78, 5) is 13.9. The van der Waals surface area contributed by atoms with Crippen LogP contribution >= 0.6 is 23.2 Å². The molecule has 1 heterocycles. The number of rotatable bonds is 2. The number of carbonyl (C=O) groups is 1. The fourth-order valence-electron chi connectivity index (χ4n) is 2.10. The molecule has 1 aromatic carbocycles. The van der Waals surface area contributed by atoms with Gasteiger partial charge in [0.15, 0.2) is 0 Å². The monoisotopic (exact) mass is 302 g/mol. The normalized spacial score (nSPS) is 22.6. The molecule has 0 bridgehead atoms. The van der Waals surface area contributed by atoms with Gasteiger partial charge in [-0.3, -0.25) is 4.90 Å². The zero-order valence-electron chi connectivity index (χ0n) is 10.9. The van der Waals surface area contributed by atoms with E-state index in [1.165, 1.54) is 0 Å². The van der Waals surface area contributed by atoms with Crippen molar-refractivity contribution in [1.29, 1.82) is 0 Å². The number of halogens is 2. The summed E-state index contributed by atoms with van der Waals surface area (Å²) in [5, 5.41) is 3.76. The molecule has 2 amide bonds. The molecule has 1 fully saturated rings. The minimum Gasteiger partial charge on any atom is -0.354 e. The van der Waals surface area contributed by atoms with Gasteiger partial charge in [-0.05, 0) is 31.5 Å². The molecule has 4 nitrogen and oxygen atoms in total. The van der Waals surface area contributed by atoms with Crippen LogP contribution < -0.4 is 5.32 Å². The van der Waals surface area contributed by atoms with Crippen LogP contribution in [-0.2, 0) is 4.74 Å². The Labute approximate surface area is 122 Å². The Bertz CT molecular complexity index is 475. The Hall–Kier alpha value is -0.970. The van der Waals surface area contributed by atoms with Crippen LogP contribution in [0.4, 0.5) is 10.5 Å². The van der Waals surface area contributed by atoms with Gasteiger partial charge in [-0.2, -0.15) is 0 Å². The average Bonchev–Trinajstić information content (AvgIpc) is 2.70. The van der Waals surface area contributed by atoms with E-state index in [9.17, 15) is 4.79 Å². The minimum absolute atomic E-state index is 0.208. The van der Waals surface area contributed by atoms with Gasteiger partial charge in [0.05, 0.1) is 6.61 Å². The number of nitrogens with zero attached hydrogens (tertiary/aromatic N) is 1. The second-order valence-electron chi connectivity index (χ2n) is 4.62. The third-order valence-corrected chi connectivity index (χ3v) is 3.75. The second kappa shape index (κ2) is 5.57. The number of urea groups is 1. The molecule has 1 atom stereocenters. The average molecular weight is 303 g/mol. The molecule has 1 aromatic rings. The fraction of sp³-hybridized carbons (Fsp3) is 0.462. The van der Waals surface area contributed by atoms with Gasteiger partial charge in [0.2, 0.25) is 0 Å². The van der Waals surface area contributed by atoms with Crippen molar-refractivity contribution in [2.45, 2.75) is 26.0 Å². The summed E-state index contributed by atoms with van der Waals surface area (Å²) in [6.45, 7) is 5.02. The van der Waals surface area contributed by atoms with Crippen LogP contribution in [0.25, 0.3) is 0 Å². The van der Waals surface area contributed by atoms with Crippen LogP contribution in [0.15, 0.2) is 18.2 Å². The molecule has 1 N–H and O–H groups in total. The summed E-state index contributed by atoms with van der Waals surface area (Å²) in [7, 11) is 0. The number of nitrogens with one attached hydrogen (secondary N) is 1. The third kappa shape index (κ3) is 3.14. The SMILES string of the molecule is CCC1(C)OCCN1C(=O)Nc1cc(Cl)cc(Cl)c1. The number of hydrogen-bond acceptors (Lipinski definition) is 2. The lowest BCUT2D eigenvalue weighted by Crippen LogP contribution is -2.47. The van der Waals surface area contributed by atoms with E-state index in [-0.39, 0.29) is 6.03 Å². The summed E-state index contributed by atoms with van der Waals surface area (Å²) >= 11 is 11.8. The van der Waals surface area contributed by atoms with Gasteiger partial charge in [0.1, 0.15) is 5.72 Å². The van der Waals surface area contributed by atoms with E-state index in [2.05, 4.69) is 5.32 Å². The van der Waals surface area contributed by atoms with Crippen LogP contribution in [0.3, 0.4) is 0 Å². The number of benzene rings is 1. The number of ether oxygens (including phenoxy) is 1. The van der Waals surface area contributed by atoms with E-state index in [0.29, 0.717) is 28.9 Å². The lowest BCUT2D eigenvalue weighted by molar-refractivity contribution is -0.0476. The van der Waals surface area contributed by atoms with Crippen molar-refractivity contribution >= 4 is 34.9 Å². The van der Waals surface area contributed by atoms with Crippen LogP contribution in [0.1, 0.15) is 20.3 Å². The first-order chi connectivity index (χ1) is 8.94. The summed E-state index contributed by atoms with van der Waals surface area (Å²) in [5.74, 6) is 0. The molecule has 0 saturated carbocycles. The number of carbonyl (C=O) groups excluding carboxylic acids is 1. The predicted octanol–water partition coefficient (Wildman–Crippen LogP) is 3.98. The molecule has 1 unspecified atom stereocenters. The fourth-order valence-corrected chi connectivity index (χ4v) is 2.62. The molecule has 1 saturated heterocycles. The zero-order valence-corrected chi connectivity index (χ0v) is 12.4. The summed E-state index contributed by atoms with van der Waals surface area (Å²) in [6.07, 6.45) is 0.733. The van der Waals surface area contributed by atoms with Crippen molar-refractivity contribution in [2.75, 3.05) is 18.5 Å². The number of hydrogen-bond donors (Lipinski definition) is 1. The third-order valence-electron chi connectivity index (χ3n) is 3.31. The lowest BCUT2D eigenvalue weighted by atomic mass is 10.2. The highest BCUT2D eigenvalue weighted by Crippen LogP contribution is 2.28. The molecule has 0 spiro atoms. The minimum atomic E-state index is -0.549. The van der Waals surface area contributed by atoms with E-state index in [1.807, 2.05) is 13.8 Å². The van der Waals surface area contributed by atoms with E-state index >= 15 is 0 Å². The number of amides is 2. The lowest BCUT2D eigenvalue weighted by Gasteiger charge is -2.32. The highest BCUT2D eigenvalue weighted by Gasteiger charge is 2.39. The Morgan fingerprint density at radius 2 is 2.05 bits per heavy atom. The van der Waals surface area contributed by atoms with Crippen molar-refractivity contribution in [3.05, 3.63) is 28.2 Å². The van der Waals surface area contributed by atoms with Crippen LogP contribution in [0, 0.1) is 0 Å². The van der Waals surface area contributed by atoms with Crippen LogP contribution in [-0.4, -0.2) is 29.8 Å². The molecule has 0 radical (unpaired) electrons. The summed E-state index contributed by atoms with van der Waals surface area (Å²) < 4.78 is 5.62. The zero-order chi connectivity index (χ0) is 14.0. The number of anilines is 1. The van der Waals surface area contributed by atoms with Crippen molar-refractivity contribution in [2.24, 2.45) is 0 Å². The van der Waals surface area contributed by atoms with Crippen molar-refractivity contribution in [3.8, 4) is 0 Å². The largest absolute Gasteiger partial charge is 0.354 e. The molecular formula is C13H16Cl2N2O2. The van der Waals surface area contributed by atoms with Gasteiger partial charge in [-0.15, -0.1) is 0 Å². The van der Waals surface area contributed by atoms with Crippen LogP contribution in [0.2, 0.25) is 10.0 Å². The van der Waals surface area contributed by atoms with Crippen molar-refractivity contribution < 1.29 is 9.53 Å². The Morgan fingerprint density at radius 1 is 1.42 bits per heavy atom. The Balaban J connectivity index is 2.13. The van der Waals surface area contributed by atoms with E-state index in [1.54, 1.807) is 23.1 Å². The Morgan fingerprint density at radius 3 is 2.63 bits per heavy atom. The van der Waals surface area contributed by atoms with Crippen molar-refractivity contribution in [1.82, 2.24) is 4.90 Å². The molecule has 19 heavy (non-hydrogen) atoms. The van der Waals surface area contributed by atoms with Gasteiger partial charge in [-0.1, -0.05) is 30.1 Å². The molecule has 1 aliphatic rings. The maximum atomic E-state index is 12.3. The highest BCUT2D eigenvalue weighted by molar-refractivity contribution is 6.35. The van der Waals surface area contributed by atoms with Gasteiger partial charge in [0, 0.05) is 22.3 Å². The first-order valence-corrected chi connectivity index (χ1v) is 6.89. The standard InChI is InChI=1S/C13H16Cl2N2O2/c1-3-13(2)17(4-5-19-13)12(18)16-11-7-9(14)6-10(15)8-11/h6-8H,3-5H2,1-2H3,(H,16,18). The summed E-state index contributed by atoms with van der Waals surface area (Å²) in [6, 6.07) is 4.73. The molecule has 2 rings (SSSR count). The maximum absolute atomic E-state index is 12.3. The van der Waals surface area contributed by atoms with E-state index in [4.69, 9.17) is 27.9 Å². The van der Waals surface area contributed by atoms with E-state index < -0.39 is 5.72 Å². The molecule has 6 heteroatoms. The Kier molecular flexibility index (Phi) is 4.23. The topological polar surface area (TPSA) is 41.6 Å². The van der Waals surface area contributed by atoms with Gasteiger partial charge >= 0.3 is 6.03 Å². The molecular weight excluding hydrogens is 287 g/mol. The second-order valence-corrected chi connectivity index (χ2v) is 5.49. The maximum Gasteiger partial charge on any atom is 0.324 e. The van der Waals surface area contributed by atoms with Gasteiger partial charge < -0.3 is 10.1 Å². The smallest absolute Gasteiger partial charge is 0.324 e. The molecule has 0 aromatic heterocycles. The molecule has 1 aliphatic heterocycles. The molecule has 0 aliphatic carbocycles. The highest BCUT2D eigenvalue weighted by atomic mass is 35.5. The van der Waals surface area contributed by atoms with Crippen LogP contribution in [0.5, 0.6) is 0 Å². The summed E-state index contributed by atoms with van der Waals surface area (Å²) in [5.41, 5.74) is 0.0276. The van der Waals surface area contributed by atoms with Gasteiger partial charge in [0.25, 0.3) is 0 Å². The quantitative estimate of drug-likeness (QED) is 0.897. The van der Waals surface area contributed by atoms with Gasteiger partial charge in [-0.25, -0.2) is 4.79 Å². The first-order valence-electron chi connectivity index (χ1n) is 6.13. The van der Waals surface area contributed by atoms with E-state index in [0.717, 1.165) is 6.42 Å². The van der Waals surface area contributed by atoms with Crippen molar-refractivity contribution in [3.63, 3.8) is 0 Å².